The first-order valence-corrected chi connectivity index (χ1v) is 7.66. The second kappa shape index (κ2) is 4.96. The van der Waals surface area contributed by atoms with Gasteiger partial charge in [-0.15, -0.1) is 0 Å². The lowest BCUT2D eigenvalue weighted by Crippen LogP contribution is -2.49. The predicted molar refractivity (Wildman–Crippen MR) is 70.6 cm³/mol. The molecule has 1 aliphatic rings. The van der Waals surface area contributed by atoms with Crippen molar-refractivity contribution in [2.75, 3.05) is 30.9 Å². The molecule has 1 aromatic rings. The summed E-state index contributed by atoms with van der Waals surface area (Å²) in [6.45, 7) is 1.54. The Morgan fingerprint density at radius 1 is 1.35 bits per heavy atom. The maximum absolute atomic E-state index is 11.2. The van der Waals surface area contributed by atoms with Crippen LogP contribution in [-0.2, 0) is 14.3 Å². The Morgan fingerprint density at radius 2 is 1.94 bits per heavy atom. The number of anilines is 1. The molecule has 1 fully saturated rings. The first kappa shape index (κ1) is 12.9. The Kier molecular flexibility index (Phi) is 3.75. The number of hydrogen-bond donors (Lipinski definition) is 0. The summed E-state index contributed by atoms with van der Waals surface area (Å²) in [4.78, 5) is 2.16. The molecule has 0 saturated carbocycles. The van der Waals surface area contributed by atoms with Gasteiger partial charge in [0.1, 0.15) is 0 Å². The highest BCUT2D eigenvalue weighted by Crippen LogP contribution is 2.26. The van der Waals surface area contributed by atoms with Crippen molar-refractivity contribution < 1.29 is 12.6 Å². The maximum Gasteiger partial charge on any atom is 0.267 e. The highest BCUT2D eigenvalue weighted by atomic mass is 79.9. The van der Waals surface area contributed by atoms with Crippen molar-refractivity contribution in [1.29, 1.82) is 0 Å². The van der Waals surface area contributed by atoms with Gasteiger partial charge in [0, 0.05) is 29.2 Å². The molecule has 0 aliphatic carbocycles. The van der Waals surface area contributed by atoms with Crippen LogP contribution < -0.4 is 4.90 Å². The highest BCUT2D eigenvalue weighted by Gasteiger charge is 2.31. The molecule has 6 heteroatoms. The molecule has 0 atom stereocenters. The van der Waals surface area contributed by atoms with Crippen LogP contribution in [0.25, 0.3) is 0 Å². The van der Waals surface area contributed by atoms with Crippen molar-refractivity contribution in [2.24, 2.45) is 5.92 Å². The third-order valence-electron chi connectivity index (χ3n) is 2.84. The molecule has 0 spiro atoms. The lowest BCUT2D eigenvalue weighted by Gasteiger charge is -2.40. The van der Waals surface area contributed by atoms with E-state index in [2.05, 4.69) is 25.0 Å². The van der Waals surface area contributed by atoms with E-state index in [0.29, 0.717) is 0 Å². The van der Waals surface area contributed by atoms with E-state index in [1.54, 1.807) is 0 Å². The zero-order valence-electron chi connectivity index (χ0n) is 9.47. The van der Waals surface area contributed by atoms with Gasteiger partial charge in [-0.3, -0.25) is 4.18 Å². The number of hydrogen-bond acceptors (Lipinski definition) is 4. The molecular weight excluding hydrogens is 306 g/mol. The van der Waals surface area contributed by atoms with Gasteiger partial charge in [-0.2, -0.15) is 8.42 Å². The smallest absolute Gasteiger partial charge is 0.267 e. The largest absolute Gasteiger partial charge is 0.371 e. The zero-order chi connectivity index (χ0) is 12.5. The van der Waals surface area contributed by atoms with Crippen LogP contribution in [-0.4, -0.2) is 34.4 Å². The van der Waals surface area contributed by atoms with Gasteiger partial charge >= 0.3 is 0 Å². The lowest BCUT2D eigenvalue weighted by molar-refractivity contribution is 0.374. The van der Waals surface area contributed by atoms with Crippen LogP contribution in [0, 0.1) is 5.92 Å². The first-order chi connectivity index (χ1) is 8.00. The van der Waals surface area contributed by atoms with Gasteiger partial charge in [-0.1, -0.05) is 15.9 Å². The maximum atomic E-state index is 11.2. The molecule has 1 heterocycles. The van der Waals surface area contributed by atoms with Gasteiger partial charge in [-0.25, -0.2) is 0 Å². The minimum Gasteiger partial charge on any atom is -0.371 e. The molecule has 4 nitrogen and oxygen atoms in total. The van der Waals surface area contributed by atoms with Gasteiger partial charge in [0.25, 0.3) is 10.1 Å². The summed E-state index contributed by atoms with van der Waals surface area (Å²) in [5.41, 5.74) is 1.12. The number of nitrogens with zero attached hydrogens (tertiary/aromatic N) is 1. The Balaban J connectivity index is 1.89. The molecule has 0 radical (unpaired) electrons. The van der Waals surface area contributed by atoms with Gasteiger partial charge in [-0.05, 0) is 24.3 Å². The lowest BCUT2D eigenvalue weighted by atomic mass is 10.0. The van der Waals surface area contributed by atoms with Crippen LogP contribution in [0.5, 0.6) is 0 Å². The molecular formula is C11H14BrNO3S. The second-order valence-electron chi connectivity index (χ2n) is 4.14. The Bertz CT molecular complexity index is 480. The van der Waals surface area contributed by atoms with Gasteiger partial charge < -0.3 is 4.90 Å². The fraction of sp³-hybridized carbons (Fsp3) is 0.455. The van der Waals surface area contributed by atoms with Crippen LogP contribution in [0.3, 0.4) is 0 Å². The van der Waals surface area contributed by atoms with Crippen molar-refractivity contribution >= 4 is 31.7 Å². The molecule has 1 saturated heterocycles. The van der Waals surface area contributed by atoms with Crippen molar-refractivity contribution in [3.05, 3.63) is 28.7 Å². The molecule has 0 amide bonds. The highest BCUT2D eigenvalue weighted by molar-refractivity contribution is 9.10. The molecule has 0 aromatic heterocycles. The van der Waals surface area contributed by atoms with E-state index in [0.717, 1.165) is 23.2 Å². The topological polar surface area (TPSA) is 46.6 Å². The number of halogens is 1. The molecule has 17 heavy (non-hydrogen) atoms. The summed E-state index contributed by atoms with van der Waals surface area (Å²) >= 11 is 3.38. The molecule has 94 valence electrons. The van der Waals surface area contributed by atoms with E-state index in [1.807, 2.05) is 24.3 Å². The van der Waals surface area contributed by atoms with Crippen LogP contribution in [0.4, 0.5) is 5.69 Å². The van der Waals surface area contributed by atoms with Gasteiger partial charge in [0.2, 0.25) is 0 Å². The van der Waals surface area contributed by atoms with Crippen LogP contribution in [0.2, 0.25) is 0 Å². The average molecular weight is 320 g/mol. The molecule has 0 bridgehead atoms. The molecule has 1 aromatic carbocycles. The minimum absolute atomic E-state index is 0.108. The standard InChI is InChI=1S/C11H14BrNO3S/c1-16-17(14,15)8-9-6-13(7-9)11-4-2-10(12)3-5-11/h2-5,9H,6-8H2,1H3. The van der Waals surface area contributed by atoms with Crippen molar-refractivity contribution in [1.82, 2.24) is 0 Å². The Hall–Kier alpha value is -0.590. The second-order valence-corrected chi connectivity index (χ2v) is 6.84. The van der Waals surface area contributed by atoms with Gasteiger partial charge in [0.05, 0.1) is 12.9 Å². The fourth-order valence-corrected chi connectivity index (χ4v) is 3.08. The SMILES string of the molecule is COS(=O)(=O)CC1CN(c2ccc(Br)cc2)C1. The van der Waals surface area contributed by atoms with Crippen LogP contribution in [0.15, 0.2) is 28.7 Å². The third-order valence-corrected chi connectivity index (χ3v) is 4.76. The quantitative estimate of drug-likeness (QED) is 0.795. The molecule has 1 aliphatic heterocycles. The van der Waals surface area contributed by atoms with Crippen LogP contribution in [0.1, 0.15) is 0 Å². The number of benzene rings is 1. The van der Waals surface area contributed by atoms with E-state index in [4.69, 9.17) is 0 Å². The third kappa shape index (κ3) is 3.20. The van der Waals surface area contributed by atoms with Gasteiger partial charge in [0.15, 0.2) is 0 Å². The predicted octanol–water partition coefficient (Wildman–Crippen LogP) is 1.86. The first-order valence-electron chi connectivity index (χ1n) is 5.29. The summed E-state index contributed by atoms with van der Waals surface area (Å²) in [5, 5.41) is 0. The summed E-state index contributed by atoms with van der Waals surface area (Å²) in [7, 11) is -2.12. The summed E-state index contributed by atoms with van der Waals surface area (Å²) in [6.07, 6.45) is 0. The van der Waals surface area contributed by atoms with E-state index < -0.39 is 10.1 Å². The van der Waals surface area contributed by atoms with E-state index in [9.17, 15) is 8.42 Å². The number of rotatable bonds is 4. The Morgan fingerprint density at radius 3 is 2.47 bits per heavy atom. The summed E-state index contributed by atoms with van der Waals surface area (Å²) in [5.74, 6) is 0.278. The molecule has 0 N–H and O–H groups in total. The summed E-state index contributed by atoms with van der Waals surface area (Å²) < 4.78 is 28.0. The fourth-order valence-electron chi connectivity index (χ4n) is 1.89. The van der Waals surface area contributed by atoms with Crippen molar-refractivity contribution in [2.45, 2.75) is 0 Å². The van der Waals surface area contributed by atoms with E-state index in [1.165, 1.54) is 7.11 Å². The zero-order valence-corrected chi connectivity index (χ0v) is 11.9. The van der Waals surface area contributed by atoms with Crippen LogP contribution >= 0.6 is 15.9 Å². The monoisotopic (exact) mass is 319 g/mol. The summed E-state index contributed by atoms with van der Waals surface area (Å²) in [6, 6.07) is 8.00. The van der Waals surface area contributed by atoms with E-state index >= 15 is 0 Å². The minimum atomic E-state index is -3.33. The van der Waals surface area contributed by atoms with Crippen molar-refractivity contribution in [3.63, 3.8) is 0 Å². The normalized spacial score (nSPS) is 16.9. The molecule has 0 unspecified atom stereocenters. The van der Waals surface area contributed by atoms with E-state index in [-0.39, 0.29) is 11.7 Å². The molecule has 2 rings (SSSR count). The van der Waals surface area contributed by atoms with Crippen molar-refractivity contribution in [3.8, 4) is 0 Å². The average Bonchev–Trinajstić information content (AvgIpc) is 2.25. The Labute approximate surface area is 110 Å².